The van der Waals surface area contributed by atoms with Crippen molar-refractivity contribution in [2.45, 2.75) is 71.6 Å². The highest BCUT2D eigenvalue weighted by Gasteiger charge is 2.62. The molecule has 3 heteroatoms. The van der Waals surface area contributed by atoms with Gasteiger partial charge in [-0.05, 0) is 85.2 Å². The van der Waals surface area contributed by atoms with Crippen molar-refractivity contribution in [3.63, 3.8) is 0 Å². The van der Waals surface area contributed by atoms with Gasteiger partial charge in [-0.1, -0.05) is 20.8 Å². The van der Waals surface area contributed by atoms with E-state index in [1.807, 2.05) is 6.08 Å². The zero-order valence-corrected chi connectivity index (χ0v) is 16.7. The Morgan fingerprint density at radius 1 is 1.20 bits per heavy atom. The number of alkyl halides is 1. The zero-order valence-electron chi connectivity index (χ0n) is 16.0. The van der Waals surface area contributed by atoms with Crippen LogP contribution < -0.4 is 0 Å². The number of fused-ring (bicyclic) bond motifs is 5. The monoisotopic (exact) mass is 362 g/mol. The molecule has 25 heavy (non-hydrogen) atoms. The lowest BCUT2D eigenvalue weighted by molar-refractivity contribution is -0.129. The van der Waals surface area contributed by atoms with E-state index < -0.39 is 0 Å². The van der Waals surface area contributed by atoms with E-state index >= 15 is 0 Å². The van der Waals surface area contributed by atoms with Crippen LogP contribution in [0.15, 0.2) is 11.6 Å². The zero-order chi connectivity index (χ0) is 18.1. The first-order valence-corrected chi connectivity index (χ1v) is 10.5. The van der Waals surface area contributed by atoms with E-state index in [0.29, 0.717) is 35.9 Å². The molecule has 0 radical (unpaired) electrons. The lowest BCUT2D eigenvalue weighted by Crippen LogP contribution is -2.53. The molecule has 0 N–H and O–H groups in total. The van der Waals surface area contributed by atoms with Crippen LogP contribution in [-0.4, -0.2) is 16.9 Å². The largest absolute Gasteiger partial charge is 0.300 e. The number of hydrogen-bond acceptors (Lipinski definition) is 2. The maximum Gasteiger partial charge on any atom is 0.155 e. The van der Waals surface area contributed by atoms with Crippen LogP contribution in [0.2, 0.25) is 0 Å². The number of Topliss-reactive ketones (excluding diaryl/α,β-unsaturated/α-hetero) is 1. The van der Waals surface area contributed by atoms with Gasteiger partial charge in [-0.15, -0.1) is 11.6 Å². The quantitative estimate of drug-likeness (QED) is 0.602. The van der Waals surface area contributed by atoms with Gasteiger partial charge in [-0.2, -0.15) is 0 Å². The Morgan fingerprint density at radius 2 is 1.92 bits per heavy atom. The van der Waals surface area contributed by atoms with Gasteiger partial charge in [0.2, 0.25) is 0 Å². The van der Waals surface area contributed by atoms with Crippen LogP contribution in [0.3, 0.4) is 0 Å². The summed E-state index contributed by atoms with van der Waals surface area (Å²) in [4.78, 5) is 24.4. The van der Waals surface area contributed by atoms with E-state index in [2.05, 4.69) is 20.8 Å². The molecule has 4 aliphatic rings. The number of carbonyl (C=O) groups excluding carboxylic acids is 2. The molecule has 0 spiro atoms. The van der Waals surface area contributed by atoms with Crippen LogP contribution in [0.4, 0.5) is 0 Å². The smallest absolute Gasteiger partial charge is 0.155 e. The highest BCUT2D eigenvalue weighted by molar-refractivity contribution is 6.23. The summed E-state index contributed by atoms with van der Waals surface area (Å²) in [5.74, 6) is 3.16. The number of carbonyl (C=O) groups is 2. The Labute approximate surface area is 156 Å². The van der Waals surface area contributed by atoms with Crippen molar-refractivity contribution >= 4 is 23.2 Å². The molecule has 0 unspecified atom stereocenters. The molecule has 0 bridgehead atoms. The molecule has 0 aromatic rings. The predicted molar refractivity (Wildman–Crippen MR) is 100 cm³/mol. The summed E-state index contributed by atoms with van der Waals surface area (Å²) in [6.45, 7) is 8.81. The van der Waals surface area contributed by atoms with Crippen molar-refractivity contribution in [2.75, 3.05) is 0 Å². The number of ketones is 2. The number of rotatable bonds is 1. The maximum absolute atomic E-state index is 12.4. The third-order valence-electron chi connectivity index (χ3n) is 8.72. The van der Waals surface area contributed by atoms with Crippen LogP contribution in [0.1, 0.15) is 66.2 Å². The lowest BCUT2D eigenvalue weighted by Gasteiger charge is -2.59. The second-order valence-electron chi connectivity index (χ2n) is 9.91. The van der Waals surface area contributed by atoms with E-state index in [1.165, 1.54) is 18.4 Å². The number of halogens is 1. The highest BCUT2D eigenvalue weighted by Crippen LogP contribution is 2.68. The van der Waals surface area contributed by atoms with Gasteiger partial charge in [0.15, 0.2) is 5.78 Å². The summed E-state index contributed by atoms with van der Waals surface area (Å²) >= 11 is 6.85. The molecule has 0 heterocycles. The van der Waals surface area contributed by atoms with Crippen LogP contribution in [-0.2, 0) is 9.59 Å². The van der Waals surface area contributed by atoms with Gasteiger partial charge in [0.1, 0.15) is 5.78 Å². The molecule has 0 aliphatic heterocycles. The van der Waals surface area contributed by atoms with Crippen LogP contribution in [0.25, 0.3) is 0 Å². The van der Waals surface area contributed by atoms with Gasteiger partial charge >= 0.3 is 0 Å². The molecule has 3 saturated carbocycles. The summed E-state index contributed by atoms with van der Waals surface area (Å²) < 4.78 is 0. The van der Waals surface area contributed by atoms with Gasteiger partial charge < -0.3 is 0 Å². The maximum atomic E-state index is 12.4. The Morgan fingerprint density at radius 3 is 2.60 bits per heavy atom. The average Bonchev–Trinajstić information content (AvgIpc) is 2.80. The summed E-state index contributed by atoms with van der Waals surface area (Å²) in [7, 11) is 0. The van der Waals surface area contributed by atoms with Crippen LogP contribution in [0, 0.1) is 40.4 Å². The lowest BCUT2D eigenvalue weighted by atomic mass is 9.46. The minimum absolute atomic E-state index is 0.00969. The standard InChI is InChI=1S/C22H31ClO2/c1-12-9-17-15-11-19(23)18-10-14(25)5-7-21(18,3)16(15)6-8-22(17,4)20(12)13(2)24/h10,12,15-17,19-20H,5-9,11H2,1-4H3/t12-,15-,16+,17+,19+,20-,21-,22+/m1/s1. The SMILES string of the molecule is CC(=O)[C@H]1[C@H](C)C[C@H]2[C@@H]3C[C@H](Cl)C4=CC(=O)CC[C@]4(C)[C@H]3CC[C@@]21C. The van der Waals surface area contributed by atoms with Gasteiger partial charge in [-0.3, -0.25) is 9.59 Å². The van der Waals surface area contributed by atoms with Gasteiger partial charge in [-0.25, -0.2) is 0 Å². The molecule has 0 aromatic carbocycles. The third-order valence-corrected chi connectivity index (χ3v) is 9.13. The molecule has 4 rings (SSSR count). The number of allylic oxidation sites excluding steroid dienone is 1. The van der Waals surface area contributed by atoms with Crippen LogP contribution in [0.5, 0.6) is 0 Å². The van der Waals surface area contributed by atoms with E-state index in [1.54, 1.807) is 6.92 Å². The van der Waals surface area contributed by atoms with E-state index in [4.69, 9.17) is 11.6 Å². The fraction of sp³-hybridized carbons (Fsp3) is 0.818. The van der Waals surface area contributed by atoms with Gasteiger partial charge in [0.25, 0.3) is 0 Å². The Balaban J connectivity index is 1.73. The predicted octanol–water partition coefficient (Wildman–Crippen LogP) is 5.19. The fourth-order valence-electron chi connectivity index (χ4n) is 7.79. The van der Waals surface area contributed by atoms with E-state index in [-0.39, 0.29) is 27.9 Å². The first-order valence-electron chi connectivity index (χ1n) is 10.1. The minimum atomic E-state index is -0.00969. The average molecular weight is 363 g/mol. The van der Waals surface area contributed by atoms with Crippen molar-refractivity contribution in [2.24, 2.45) is 40.4 Å². The first kappa shape index (κ1) is 17.8. The molecule has 138 valence electrons. The highest BCUT2D eigenvalue weighted by atomic mass is 35.5. The number of hydrogen-bond donors (Lipinski definition) is 0. The summed E-state index contributed by atoms with van der Waals surface area (Å²) in [6, 6.07) is 0. The molecule has 3 fully saturated rings. The Bertz CT molecular complexity index is 652. The van der Waals surface area contributed by atoms with E-state index in [9.17, 15) is 9.59 Å². The molecule has 4 aliphatic carbocycles. The molecule has 0 amide bonds. The second-order valence-corrected chi connectivity index (χ2v) is 10.4. The molecule has 0 aromatic heterocycles. The van der Waals surface area contributed by atoms with Crippen molar-refractivity contribution in [1.29, 1.82) is 0 Å². The Hall–Kier alpha value is -0.630. The molecule has 0 saturated heterocycles. The fourth-order valence-corrected chi connectivity index (χ4v) is 8.31. The van der Waals surface area contributed by atoms with E-state index in [0.717, 1.165) is 19.3 Å². The summed E-state index contributed by atoms with van der Waals surface area (Å²) in [5.41, 5.74) is 1.44. The van der Waals surface area contributed by atoms with Gasteiger partial charge in [0.05, 0.1) is 5.38 Å². The summed E-state index contributed by atoms with van der Waals surface area (Å²) in [6.07, 6.45) is 7.98. The molecular weight excluding hydrogens is 332 g/mol. The van der Waals surface area contributed by atoms with Crippen molar-refractivity contribution in [1.82, 2.24) is 0 Å². The molecular formula is C22H31ClO2. The molecule has 8 atom stereocenters. The van der Waals surface area contributed by atoms with Gasteiger partial charge in [0, 0.05) is 12.3 Å². The van der Waals surface area contributed by atoms with Crippen molar-refractivity contribution in [3.8, 4) is 0 Å². The molecule has 2 nitrogen and oxygen atoms in total. The normalized spacial score (nSPS) is 52.0. The summed E-state index contributed by atoms with van der Waals surface area (Å²) in [5, 5.41) is -0.00969. The van der Waals surface area contributed by atoms with Crippen molar-refractivity contribution in [3.05, 3.63) is 11.6 Å². The van der Waals surface area contributed by atoms with Crippen molar-refractivity contribution < 1.29 is 9.59 Å². The first-order chi connectivity index (χ1) is 11.7. The Kier molecular flexibility index (Phi) is 4.04. The third kappa shape index (κ3) is 2.35. The minimum Gasteiger partial charge on any atom is -0.300 e. The topological polar surface area (TPSA) is 34.1 Å². The van der Waals surface area contributed by atoms with Crippen LogP contribution >= 0.6 is 11.6 Å². The second kappa shape index (κ2) is 5.68.